The van der Waals surface area contributed by atoms with Gasteiger partial charge in [-0.3, -0.25) is 0 Å². The Morgan fingerprint density at radius 1 is 0.486 bits per heavy atom. The Balaban J connectivity index is 0.818. The Morgan fingerprint density at radius 2 is 0.957 bits per heavy atom. The minimum Gasteiger partial charge on any atom is -0.504 e. The van der Waals surface area contributed by atoms with Gasteiger partial charge in [0, 0.05) is 28.1 Å². The second kappa shape index (κ2) is 16.1. The van der Waals surface area contributed by atoms with E-state index in [9.17, 15) is 10.2 Å². The molecule has 0 saturated heterocycles. The van der Waals surface area contributed by atoms with Crippen LogP contribution >= 0.6 is 0 Å². The fourth-order valence-corrected chi connectivity index (χ4v) is 11.2. The lowest BCUT2D eigenvalue weighted by Crippen LogP contribution is -2.01. The van der Waals surface area contributed by atoms with Gasteiger partial charge in [0.15, 0.2) is 23.0 Å². The van der Waals surface area contributed by atoms with Crippen LogP contribution in [0.4, 0.5) is 0 Å². The summed E-state index contributed by atoms with van der Waals surface area (Å²) >= 11 is 0. The van der Waals surface area contributed by atoms with Crippen LogP contribution in [0.15, 0.2) is 193 Å². The van der Waals surface area contributed by atoms with Gasteiger partial charge in [0.2, 0.25) is 0 Å². The summed E-state index contributed by atoms with van der Waals surface area (Å²) < 4.78 is 12.9. The first-order valence-corrected chi connectivity index (χ1v) is 23.8. The van der Waals surface area contributed by atoms with Gasteiger partial charge < -0.3 is 24.7 Å². The lowest BCUT2D eigenvalue weighted by atomic mass is 9.91. The van der Waals surface area contributed by atoms with Gasteiger partial charge in [-0.1, -0.05) is 139 Å². The monoisotopic (exact) mass is 906 g/mol. The van der Waals surface area contributed by atoms with Gasteiger partial charge >= 0.3 is 0 Å². The number of aryl methyl sites for hydroxylation is 3. The molecular weight excluding hydrogens is 861 g/mol. The predicted octanol–water partition coefficient (Wildman–Crippen LogP) is 15.8. The first-order valence-electron chi connectivity index (χ1n) is 23.8. The first-order chi connectivity index (χ1) is 34.3. The summed E-state index contributed by atoms with van der Waals surface area (Å²) in [5.41, 5.74) is 11.6. The van der Waals surface area contributed by atoms with Crippen molar-refractivity contribution in [2.45, 2.75) is 34.0 Å². The number of rotatable bonds is 10. The fraction of sp³-hybridized carbons (Fsp3) is 0.0781. The summed E-state index contributed by atoms with van der Waals surface area (Å²) in [5.74, 6) is 0.882. The maximum atomic E-state index is 11.8. The van der Waals surface area contributed by atoms with Crippen molar-refractivity contribution >= 4 is 75.9 Å². The minimum absolute atomic E-state index is 0.0352. The van der Waals surface area contributed by atoms with E-state index in [-0.39, 0.29) is 18.1 Å². The molecule has 0 spiro atoms. The van der Waals surface area contributed by atoms with Gasteiger partial charge in [-0.15, -0.1) is 0 Å². The summed E-state index contributed by atoms with van der Waals surface area (Å²) in [7, 11) is 0. The quantitative estimate of drug-likeness (QED) is 0.119. The second-order valence-corrected chi connectivity index (χ2v) is 18.7. The van der Waals surface area contributed by atoms with Crippen molar-refractivity contribution in [2.75, 3.05) is 0 Å². The molecule has 6 heteroatoms. The van der Waals surface area contributed by atoms with Crippen molar-refractivity contribution in [2.24, 2.45) is 4.99 Å². The van der Waals surface area contributed by atoms with Gasteiger partial charge in [0.25, 0.3) is 0 Å². The molecular formula is C64H46N2O4. The Hall–Kier alpha value is -8.87. The largest absolute Gasteiger partial charge is 0.504 e. The highest BCUT2D eigenvalue weighted by Gasteiger charge is 2.24. The van der Waals surface area contributed by atoms with E-state index in [0.717, 1.165) is 61.2 Å². The lowest BCUT2D eigenvalue weighted by molar-refractivity contribution is 0.290. The molecule has 1 aromatic heterocycles. The molecule has 1 aliphatic heterocycles. The molecule has 0 bridgehead atoms. The average molecular weight is 907 g/mol. The van der Waals surface area contributed by atoms with Crippen LogP contribution < -0.4 is 9.47 Å². The topological polar surface area (TPSA) is 87.1 Å². The van der Waals surface area contributed by atoms with Gasteiger partial charge in [-0.25, -0.2) is 4.99 Å². The molecule has 11 aromatic carbocycles. The maximum absolute atomic E-state index is 11.8. The normalized spacial score (nSPS) is 13.5. The Kier molecular flexibility index (Phi) is 9.53. The zero-order valence-electron chi connectivity index (χ0n) is 38.9. The zero-order valence-corrected chi connectivity index (χ0v) is 38.9. The molecule has 336 valence electrons. The van der Waals surface area contributed by atoms with Gasteiger partial charge in [-0.2, -0.15) is 0 Å². The van der Waals surface area contributed by atoms with Crippen LogP contribution in [0.2, 0.25) is 0 Å². The SMILES string of the molecule is Cc1cc(C)c(/C(=C2\C=CC(c3cccc(OCc4ccc5ccc6cccc7ccc4c5c67)c3O)=N2)c2ccc(-c3cccc(OCc4ccc5ccc6cccc7ccc4c5c67)c3O)[nH]2)c(C)c1. The molecule has 0 fully saturated rings. The van der Waals surface area contributed by atoms with Crippen LogP contribution in [0.25, 0.3) is 81.5 Å². The van der Waals surface area contributed by atoms with Crippen molar-refractivity contribution < 1.29 is 19.7 Å². The number of nitrogens with one attached hydrogen (secondary N) is 1. The third-order valence-corrected chi connectivity index (χ3v) is 14.3. The number of aromatic nitrogens is 1. The van der Waals surface area contributed by atoms with Crippen molar-refractivity contribution in [3.05, 3.63) is 232 Å². The van der Waals surface area contributed by atoms with E-state index in [1.54, 1.807) is 6.07 Å². The number of hydrogen-bond donors (Lipinski definition) is 3. The second-order valence-electron chi connectivity index (χ2n) is 18.7. The summed E-state index contributed by atoms with van der Waals surface area (Å²) in [6.07, 6.45) is 3.96. The van der Waals surface area contributed by atoms with Crippen molar-refractivity contribution in [1.29, 1.82) is 0 Å². The molecule has 70 heavy (non-hydrogen) atoms. The number of aliphatic imine (C=N–C) groups is 1. The van der Waals surface area contributed by atoms with E-state index in [4.69, 9.17) is 14.5 Å². The molecule has 13 rings (SSSR count). The number of hydrogen-bond acceptors (Lipinski definition) is 5. The molecule has 0 unspecified atom stereocenters. The fourth-order valence-electron chi connectivity index (χ4n) is 11.2. The van der Waals surface area contributed by atoms with Crippen molar-refractivity contribution in [3.63, 3.8) is 0 Å². The molecule has 0 aliphatic carbocycles. The molecule has 0 saturated carbocycles. The highest BCUT2D eigenvalue weighted by atomic mass is 16.5. The number of aromatic hydroxyl groups is 2. The number of para-hydroxylation sites is 2. The number of aromatic amines is 1. The number of allylic oxidation sites excluding steroid dienone is 2. The highest BCUT2D eigenvalue weighted by molar-refractivity contribution is 6.24. The number of H-pyrrole nitrogens is 1. The maximum Gasteiger partial charge on any atom is 0.167 e. The number of ether oxygens (including phenoxy) is 2. The Morgan fingerprint density at radius 3 is 1.51 bits per heavy atom. The molecule has 6 nitrogen and oxygen atoms in total. The van der Waals surface area contributed by atoms with E-state index < -0.39 is 0 Å². The summed E-state index contributed by atoms with van der Waals surface area (Å²) in [5, 5.41) is 38.2. The van der Waals surface area contributed by atoms with Crippen LogP contribution in [-0.2, 0) is 13.2 Å². The van der Waals surface area contributed by atoms with Gasteiger partial charge in [-0.05, 0) is 162 Å². The lowest BCUT2D eigenvalue weighted by Gasteiger charge is -2.16. The van der Waals surface area contributed by atoms with Crippen molar-refractivity contribution in [3.8, 4) is 34.3 Å². The Bertz CT molecular complexity index is 4140. The smallest absolute Gasteiger partial charge is 0.167 e. The average Bonchev–Trinajstić information content (AvgIpc) is 4.07. The number of benzene rings is 11. The van der Waals surface area contributed by atoms with E-state index in [1.165, 1.54) is 59.4 Å². The van der Waals surface area contributed by atoms with E-state index >= 15 is 0 Å². The van der Waals surface area contributed by atoms with E-state index in [0.29, 0.717) is 34.9 Å². The standard InChI is InChI=1S/C64H46N2O4/c1-36-32-37(2)57(38(3)33-36)62(53-30-28-51(65-53)49-12-6-14-55(63(49)67)69-34-45-22-20-43-18-16-39-8-4-10-41-24-26-47(45)60(43)58(39)41)54-31-29-52(66-54)50-13-7-15-56(64(50)68)70-35-46-23-21-44-19-17-40-9-5-11-42-25-27-48(46)61(44)59(40)42/h4-33,65,67-68H,34-35H2,1-3H3/b62-54+. The molecule has 12 aromatic rings. The van der Waals surface area contributed by atoms with E-state index in [2.05, 4.69) is 147 Å². The van der Waals surface area contributed by atoms with Crippen LogP contribution in [0.3, 0.4) is 0 Å². The summed E-state index contributed by atoms with van der Waals surface area (Å²) in [6, 6.07) is 58.5. The number of phenols is 2. The molecule has 3 N–H and O–H groups in total. The minimum atomic E-state index is 0.0352. The highest BCUT2D eigenvalue weighted by Crippen LogP contribution is 2.43. The van der Waals surface area contributed by atoms with Crippen molar-refractivity contribution in [1.82, 2.24) is 4.98 Å². The Labute approximate surface area is 404 Å². The molecule has 0 atom stereocenters. The molecule has 1 aliphatic rings. The zero-order chi connectivity index (χ0) is 47.2. The van der Waals surface area contributed by atoms with Crippen LogP contribution in [0, 0.1) is 20.8 Å². The van der Waals surface area contributed by atoms with Crippen LogP contribution in [-0.4, -0.2) is 20.9 Å². The third kappa shape index (κ3) is 6.67. The number of phenolic OH excluding ortho intramolecular Hbond substituents is 2. The number of nitrogens with zero attached hydrogens (tertiary/aromatic N) is 1. The summed E-state index contributed by atoms with van der Waals surface area (Å²) in [6.45, 7) is 6.95. The van der Waals surface area contributed by atoms with Gasteiger partial charge in [0.05, 0.1) is 11.4 Å². The third-order valence-electron chi connectivity index (χ3n) is 14.3. The van der Waals surface area contributed by atoms with Gasteiger partial charge in [0.1, 0.15) is 13.2 Å². The molecule has 0 amide bonds. The van der Waals surface area contributed by atoms with Crippen LogP contribution in [0.5, 0.6) is 23.0 Å². The molecule has 0 radical (unpaired) electrons. The molecule has 2 heterocycles. The first kappa shape index (κ1) is 41.3. The predicted molar refractivity (Wildman–Crippen MR) is 287 cm³/mol. The summed E-state index contributed by atoms with van der Waals surface area (Å²) in [4.78, 5) is 8.88. The van der Waals surface area contributed by atoms with E-state index in [1.807, 2.05) is 54.6 Å². The van der Waals surface area contributed by atoms with Crippen LogP contribution in [0.1, 0.15) is 44.6 Å².